The van der Waals surface area contributed by atoms with Gasteiger partial charge < -0.3 is 24.5 Å². The van der Waals surface area contributed by atoms with E-state index in [4.69, 9.17) is 13.9 Å². The first kappa shape index (κ1) is 17.0. The normalized spacial score (nSPS) is 15.7. The molecule has 2 amide bonds. The Morgan fingerprint density at radius 2 is 2.04 bits per heavy atom. The van der Waals surface area contributed by atoms with Gasteiger partial charge in [-0.2, -0.15) is 0 Å². The summed E-state index contributed by atoms with van der Waals surface area (Å²) in [4.78, 5) is 24.4. The highest BCUT2D eigenvalue weighted by Crippen LogP contribution is 2.33. The van der Waals surface area contributed by atoms with Gasteiger partial charge in [-0.15, -0.1) is 0 Å². The Labute approximate surface area is 155 Å². The first-order valence-electron chi connectivity index (χ1n) is 8.46. The van der Waals surface area contributed by atoms with Crippen LogP contribution in [0, 0.1) is 6.92 Å². The van der Waals surface area contributed by atoms with Gasteiger partial charge in [0.05, 0.1) is 12.8 Å². The van der Waals surface area contributed by atoms with Crippen molar-refractivity contribution in [2.75, 3.05) is 17.7 Å². The summed E-state index contributed by atoms with van der Waals surface area (Å²) in [5.41, 5.74) is 2.37. The summed E-state index contributed by atoms with van der Waals surface area (Å²) >= 11 is 0. The molecule has 7 heteroatoms. The van der Waals surface area contributed by atoms with Crippen molar-refractivity contribution >= 4 is 34.2 Å². The van der Waals surface area contributed by atoms with Crippen LogP contribution in [0.3, 0.4) is 0 Å². The third-order valence-electron chi connectivity index (χ3n) is 4.52. The fraction of sp³-hybridized carbons (Fsp3) is 0.200. The van der Waals surface area contributed by atoms with Crippen LogP contribution in [0.25, 0.3) is 11.0 Å². The van der Waals surface area contributed by atoms with Gasteiger partial charge in [-0.1, -0.05) is 0 Å². The molecule has 0 saturated heterocycles. The predicted molar refractivity (Wildman–Crippen MR) is 101 cm³/mol. The summed E-state index contributed by atoms with van der Waals surface area (Å²) in [6.45, 7) is 3.50. The number of aryl methyl sites for hydroxylation is 1. The number of anilines is 2. The van der Waals surface area contributed by atoms with Crippen molar-refractivity contribution in [2.45, 2.75) is 20.0 Å². The van der Waals surface area contributed by atoms with Crippen LogP contribution in [0.15, 0.2) is 40.8 Å². The van der Waals surface area contributed by atoms with E-state index in [9.17, 15) is 9.59 Å². The van der Waals surface area contributed by atoms with Gasteiger partial charge in [0.1, 0.15) is 17.1 Å². The largest absolute Gasteiger partial charge is 0.497 e. The molecule has 4 rings (SSSR count). The summed E-state index contributed by atoms with van der Waals surface area (Å²) in [7, 11) is 1.59. The fourth-order valence-corrected chi connectivity index (χ4v) is 3.02. The van der Waals surface area contributed by atoms with E-state index in [1.165, 1.54) is 0 Å². The fourth-order valence-electron chi connectivity index (χ4n) is 3.02. The Morgan fingerprint density at radius 3 is 2.81 bits per heavy atom. The highest BCUT2D eigenvalue weighted by Gasteiger charge is 2.24. The van der Waals surface area contributed by atoms with Gasteiger partial charge in [0.2, 0.25) is 0 Å². The Kier molecular flexibility index (Phi) is 3.99. The lowest BCUT2D eigenvalue weighted by Crippen LogP contribution is -2.34. The lowest BCUT2D eigenvalue weighted by atomic mass is 10.1. The number of nitrogens with one attached hydrogen (secondary N) is 2. The number of amides is 2. The summed E-state index contributed by atoms with van der Waals surface area (Å²) < 4.78 is 16.5. The van der Waals surface area contributed by atoms with Crippen molar-refractivity contribution in [2.24, 2.45) is 0 Å². The number of carbonyl (C=O) groups is 2. The van der Waals surface area contributed by atoms with Crippen LogP contribution in [0.4, 0.5) is 11.4 Å². The summed E-state index contributed by atoms with van der Waals surface area (Å²) in [5, 5.41) is 6.37. The highest BCUT2D eigenvalue weighted by atomic mass is 16.5. The third-order valence-corrected chi connectivity index (χ3v) is 4.52. The molecule has 1 aliphatic rings. The zero-order valence-electron chi connectivity index (χ0n) is 15.1. The van der Waals surface area contributed by atoms with Crippen LogP contribution in [0.1, 0.15) is 23.0 Å². The van der Waals surface area contributed by atoms with E-state index in [0.29, 0.717) is 28.5 Å². The Balaban J connectivity index is 1.61. The van der Waals surface area contributed by atoms with Gasteiger partial charge in [0.15, 0.2) is 11.9 Å². The minimum Gasteiger partial charge on any atom is -0.497 e. The molecule has 0 saturated carbocycles. The lowest BCUT2D eigenvalue weighted by Gasteiger charge is -2.23. The molecule has 2 heterocycles. The number of fused-ring (bicyclic) bond motifs is 2. The topological polar surface area (TPSA) is 89.8 Å². The molecule has 27 heavy (non-hydrogen) atoms. The predicted octanol–water partition coefficient (Wildman–Crippen LogP) is 3.72. The summed E-state index contributed by atoms with van der Waals surface area (Å²) in [6.07, 6.45) is -0.548. The van der Waals surface area contributed by atoms with Crippen molar-refractivity contribution in [1.29, 1.82) is 0 Å². The molecule has 1 aliphatic heterocycles. The molecule has 0 unspecified atom stereocenters. The summed E-state index contributed by atoms with van der Waals surface area (Å²) in [6, 6.07) is 10.4. The van der Waals surface area contributed by atoms with Crippen molar-refractivity contribution < 1.29 is 23.5 Å². The first-order chi connectivity index (χ1) is 13.0. The molecule has 1 aromatic heterocycles. The van der Waals surface area contributed by atoms with E-state index in [1.54, 1.807) is 44.4 Å². The quantitative estimate of drug-likeness (QED) is 0.737. The third kappa shape index (κ3) is 2.97. The number of hydrogen-bond acceptors (Lipinski definition) is 5. The molecule has 138 valence electrons. The van der Waals surface area contributed by atoms with Crippen LogP contribution in [-0.4, -0.2) is 25.0 Å². The molecule has 7 nitrogen and oxygen atoms in total. The van der Waals surface area contributed by atoms with E-state index >= 15 is 0 Å². The van der Waals surface area contributed by atoms with E-state index < -0.39 is 6.10 Å². The zero-order chi connectivity index (χ0) is 19.1. The van der Waals surface area contributed by atoms with Crippen LogP contribution in [-0.2, 0) is 4.79 Å². The monoisotopic (exact) mass is 366 g/mol. The molecule has 0 bridgehead atoms. The van der Waals surface area contributed by atoms with Gasteiger partial charge in [0, 0.05) is 16.6 Å². The molecule has 2 aromatic carbocycles. The van der Waals surface area contributed by atoms with Crippen LogP contribution in [0.5, 0.6) is 11.5 Å². The van der Waals surface area contributed by atoms with E-state index in [1.807, 2.05) is 13.0 Å². The lowest BCUT2D eigenvalue weighted by molar-refractivity contribution is -0.122. The van der Waals surface area contributed by atoms with Crippen LogP contribution < -0.4 is 20.1 Å². The van der Waals surface area contributed by atoms with Gasteiger partial charge in [-0.3, -0.25) is 9.59 Å². The molecular formula is C20H18N2O5. The van der Waals surface area contributed by atoms with Gasteiger partial charge in [0.25, 0.3) is 11.8 Å². The molecule has 1 atom stereocenters. The average Bonchev–Trinajstić information content (AvgIpc) is 2.99. The minimum atomic E-state index is -0.548. The van der Waals surface area contributed by atoms with E-state index in [2.05, 4.69) is 10.6 Å². The van der Waals surface area contributed by atoms with E-state index in [-0.39, 0.29) is 17.6 Å². The number of rotatable bonds is 3. The Bertz CT molecular complexity index is 1070. The number of furan rings is 1. The Hall–Kier alpha value is -3.48. The Morgan fingerprint density at radius 1 is 1.22 bits per heavy atom. The first-order valence-corrected chi connectivity index (χ1v) is 8.46. The standard InChI is InChI=1S/C20H18N2O5/c1-10-14-9-13(25-3)5-7-16(14)27-18(10)20(24)21-12-4-6-17-15(8-12)22-19(23)11(2)26-17/h4-9,11H,1-3H3,(H,21,24)(H,22,23)/t11-/m0/s1. The molecule has 0 spiro atoms. The van der Waals surface area contributed by atoms with Gasteiger partial charge >= 0.3 is 0 Å². The maximum absolute atomic E-state index is 12.7. The molecule has 2 N–H and O–H groups in total. The number of benzene rings is 2. The molecule has 3 aromatic rings. The van der Waals surface area contributed by atoms with Crippen molar-refractivity contribution in [3.8, 4) is 11.5 Å². The number of methoxy groups -OCH3 is 1. The maximum atomic E-state index is 12.7. The smallest absolute Gasteiger partial charge is 0.291 e. The molecule has 0 fully saturated rings. The molecular weight excluding hydrogens is 348 g/mol. The second-order valence-electron chi connectivity index (χ2n) is 6.33. The zero-order valence-corrected chi connectivity index (χ0v) is 15.1. The second kappa shape index (κ2) is 6.35. The van der Waals surface area contributed by atoms with Crippen molar-refractivity contribution in [1.82, 2.24) is 0 Å². The molecule has 0 radical (unpaired) electrons. The van der Waals surface area contributed by atoms with Crippen molar-refractivity contribution in [3.05, 3.63) is 47.7 Å². The van der Waals surface area contributed by atoms with Gasteiger partial charge in [-0.25, -0.2) is 0 Å². The van der Waals surface area contributed by atoms with E-state index in [0.717, 1.165) is 10.9 Å². The number of ether oxygens (including phenoxy) is 2. The van der Waals surface area contributed by atoms with Gasteiger partial charge in [-0.05, 0) is 50.2 Å². The maximum Gasteiger partial charge on any atom is 0.291 e. The van der Waals surface area contributed by atoms with Crippen LogP contribution in [0.2, 0.25) is 0 Å². The van der Waals surface area contributed by atoms with Crippen molar-refractivity contribution in [3.63, 3.8) is 0 Å². The molecule has 0 aliphatic carbocycles. The summed E-state index contributed by atoms with van der Waals surface area (Å²) in [5.74, 6) is 0.877. The average molecular weight is 366 g/mol. The number of hydrogen-bond donors (Lipinski definition) is 2. The van der Waals surface area contributed by atoms with Crippen LogP contribution >= 0.6 is 0 Å². The minimum absolute atomic E-state index is 0.227. The second-order valence-corrected chi connectivity index (χ2v) is 6.33. The SMILES string of the molecule is COc1ccc2oc(C(=O)Nc3ccc4c(c3)NC(=O)[C@H](C)O4)c(C)c2c1. The highest BCUT2D eigenvalue weighted by molar-refractivity contribution is 6.07. The number of carbonyl (C=O) groups excluding carboxylic acids is 2.